The molecule has 23 heavy (non-hydrogen) atoms. The molecule has 1 N–H and O–H groups in total. The highest BCUT2D eigenvalue weighted by atomic mass is 16.1. The van der Waals surface area contributed by atoms with Gasteiger partial charge in [-0.25, -0.2) is 0 Å². The van der Waals surface area contributed by atoms with Gasteiger partial charge in [-0.1, -0.05) is 63.8 Å². The predicted octanol–water partition coefficient (Wildman–Crippen LogP) is 4.50. The maximum atomic E-state index is 11.8. The molecule has 3 nitrogen and oxygen atoms in total. The Balaban J connectivity index is 2.10. The third kappa shape index (κ3) is 9.88. The lowest BCUT2D eigenvalue weighted by Gasteiger charge is -2.10. The molecule has 1 unspecified atom stereocenters. The van der Waals surface area contributed by atoms with Gasteiger partial charge in [0.05, 0.1) is 0 Å². The standard InChI is InChI=1S/C20H31NO2/c1-3-4-5-6-7-10-20(23)21-15-8-9-19(22)16-18-13-11-17(2)12-14-18/h8-9,11,13-14,17H,3-7,10,12,15-16H2,1-2H3,(H,21,23)/b9-8-. The Hall–Kier alpha value is -1.64. The summed E-state index contributed by atoms with van der Waals surface area (Å²) in [6.45, 7) is 4.78. The van der Waals surface area contributed by atoms with Crippen LogP contribution in [-0.2, 0) is 9.59 Å². The summed E-state index contributed by atoms with van der Waals surface area (Å²) in [5.74, 6) is 0.733. The Morgan fingerprint density at radius 1 is 1.26 bits per heavy atom. The Morgan fingerprint density at radius 3 is 2.74 bits per heavy atom. The summed E-state index contributed by atoms with van der Waals surface area (Å²) in [7, 11) is 0. The zero-order valence-corrected chi connectivity index (χ0v) is 14.6. The Kier molecular flexibility index (Phi) is 10.0. The Morgan fingerprint density at radius 2 is 2.04 bits per heavy atom. The van der Waals surface area contributed by atoms with Crippen LogP contribution in [0.5, 0.6) is 0 Å². The van der Waals surface area contributed by atoms with Crippen molar-refractivity contribution >= 4 is 11.7 Å². The molecule has 0 heterocycles. The van der Waals surface area contributed by atoms with Crippen LogP contribution < -0.4 is 5.32 Å². The van der Waals surface area contributed by atoms with Crippen molar-refractivity contribution in [2.45, 2.75) is 65.2 Å². The highest BCUT2D eigenvalue weighted by molar-refractivity contribution is 5.91. The lowest BCUT2D eigenvalue weighted by molar-refractivity contribution is -0.121. The van der Waals surface area contributed by atoms with Gasteiger partial charge in [-0.2, -0.15) is 0 Å². The molecule has 128 valence electrons. The summed E-state index contributed by atoms with van der Waals surface area (Å²) in [5, 5.41) is 2.83. The normalized spacial score (nSPS) is 17.3. The van der Waals surface area contributed by atoms with Crippen LogP contribution >= 0.6 is 0 Å². The number of amides is 1. The highest BCUT2D eigenvalue weighted by Crippen LogP contribution is 2.18. The van der Waals surface area contributed by atoms with Crippen LogP contribution in [0.25, 0.3) is 0 Å². The largest absolute Gasteiger partial charge is 0.353 e. The first-order chi connectivity index (χ1) is 11.1. The Labute approximate surface area is 140 Å². The van der Waals surface area contributed by atoms with E-state index in [4.69, 9.17) is 0 Å². The van der Waals surface area contributed by atoms with Crippen LogP contribution in [0.15, 0.2) is 36.0 Å². The molecule has 0 radical (unpaired) electrons. The molecule has 0 saturated carbocycles. The van der Waals surface area contributed by atoms with Crippen molar-refractivity contribution in [2.24, 2.45) is 5.92 Å². The fraction of sp³-hybridized carbons (Fsp3) is 0.600. The van der Waals surface area contributed by atoms with E-state index in [2.05, 4.69) is 31.3 Å². The van der Waals surface area contributed by atoms with Gasteiger partial charge in [-0.3, -0.25) is 9.59 Å². The summed E-state index contributed by atoms with van der Waals surface area (Å²) in [6.07, 6.45) is 17.4. The van der Waals surface area contributed by atoms with Gasteiger partial charge >= 0.3 is 0 Å². The molecular weight excluding hydrogens is 286 g/mol. The van der Waals surface area contributed by atoms with Gasteiger partial charge in [0.25, 0.3) is 0 Å². The quantitative estimate of drug-likeness (QED) is 0.450. The second kappa shape index (κ2) is 11.9. The first kappa shape index (κ1) is 19.4. The first-order valence-electron chi connectivity index (χ1n) is 8.95. The van der Waals surface area contributed by atoms with Crippen molar-refractivity contribution in [2.75, 3.05) is 6.54 Å². The molecule has 1 rings (SSSR count). The SMILES string of the molecule is CCCCCCCC(=O)NC/C=C\C(=O)CC1=CCC(C)C=C1. The van der Waals surface area contributed by atoms with Crippen molar-refractivity contribution in [1.82, 2.24) is 5.32 Å². The molecular formula is C20H31NO2. The zero-order chi connectivity index (χ0) is 16.9. The molecule has 0 bridgehead atoms. The van der Waals surface area contributed by atoms with Crippen LogP contribution in [-0.4, -0.2) is 18.2 Å². The molecule has 3 heteroatoms. The molecule has 0 aliphatic heterocycles. The van der Waals surface area contributed by atoms with E-state index in [0.29, 0.717) is 25.3 Å². The molecule has 0 fully saturated rings. The van der Waals surface area contributed by atoms with Crippen LogP contribution in [0.4, 0.5) is 0 Å². The van der Waals surface area contributed by atoms with Crippen LogP contribution in [0, 0.1) is 5.92 Å². The van der Waals surface area contributed by atoms with Crippen LogP contribution in [0.3, 0.4) is 0 Å². The number of allylic oxidation sites excluding steroid dienone is 5. The van der Waals surface area contributed by atoms with Crippen molar-refractivity contribution in [1.29, 1.82) is 0 Å². The van der Waals surface area contributed by atoms with Gasteiger partial charge in [0.15, 0.2) is 5.78 Å². The van der Waals surface area contributed by atoms with E-state index in [9.17, 15) is 9.59 Å². The van der Waals surface area contributed by atoms with Crippen molar-refractivity contribution < 1.29 is 9.59 Å². The summed E-state index contributed by atoms with van der Waals surface area (Å²) < 4.78 is 0. The average Bonchev–Trinajstić information content (AvgIpc) is 2.53. The van der Waals surface area contributed by atoms with E-state index in [1.807, 2.05) is 6.08 Å². The minimum atomic E-state index is 0.0745. The fourth-order valence-electron chi connectivity index (χ4n) is 2.50. The predicted molar refractivity (Wildman–Crippen MR) is 96.2 cm³/mol. The number of nitrogens with one attached hydrogen (secondary N) is 1. The minimum Gasteiger partial charge on any atom is -0.353 e. The molecule has 0 saturated heterocycles. The van der Waals surface area contributed by atoms with Gasteiger partial charge in [0.1, 0.15) is 0 Å². The number of carbonyl (C=O) groups is 2. The minimum absolute atomic E-state index is 0.0745. The van der Waals surface area contributed by atoms with Crippen molar-refractivity contribution in [3.05, 3.63) is 36.0 Å². The van der Waals surface area contributed by atoms with Crippen molar-refractivity contribution in [3.63, 3.8) is 0 Å². The fourth-order valence-corrected chi connectivity index (χ4v) is 2.50. The molecule has 0 aromatic carbocycles. The number of rotatable bonds is 11. The van der Waals surface area contributed by atoms with E-state index in [1.54, 1.807) is 12.2 Å². The highest BCUT2D eigenvalue weighted by Gasteiger charge is 2.06. The smallest absolute Gasteiger partial charge is 0.220 e. The molecule has 0 spiro atoms. The summed E-state index contributed by atoms with van der Waals surface area (Å²) in [5.41, 5.74) is 1.09. The second-order valence-corrected chi connectivity index (χ2v) is 6.36. The van der Waals surface area contributed by atoms with Gasteiger partial charge in [-0.05, 0) is 30.4 Å². The Bertz CT molecular complexity index is 460. The van der Waals surface area contributed by atoms with Crippen molar-refractivity contribution in [3.8, 4) is 0 Å². The van der Waals surface area contributed by atoms with E-state index >= 15 is 0 Å². The second-order valence-electron chi connectivity index (χ2n) is 6.36. The summed E-state index contributed by atoms with van der Waals surface area (Å²) >= 11 is 0. The van der Waals surface area contributed by atoms with E-state index in [1.165, 1.54) is 19.3 Å². The van der Waals surface area contributed by atoms with E-state index in [0.717, 1.165) is 24.8 Å². The maximum absolute atomic E-state index is 11.8. The summed E-state index contributed by atoms with van der Waals surface area (Å²) in [6, 6.07) is 0. The number of hydrogen-bond donors (Lipinski definition) is 1. The van der Waals surface area contributed by atoms with E-state index < -0.39 is 0 Å². The lowest BCUT2D eigenvalue weighted by Crippen LogP contribution is -2.22. The maximum Gasteiger partial charge on any atom is 0.220 e. The molecule has 1 aliphatic carbocycles. The molecule has 1 atom stereocenters. The third-order valence-corrected chi connectivity index (χ3v) is 4.00. The van der Waals surface area contributed by atoms with Gasteiger partial charge in [0.2, 0.25) is 5.91 Å². The van der Waals surface area contributed by atoms with Crippen LogP contribution in [0.1, 0.15) is 65.2 Å². The van der Waals surface area contributed by atoms with Crippen LogP contribution in [0.2, 0.25) is 0 Å². The van der Waals surface area contributed by atoms with Gasteiger partial charge in [-0.15, -0.1) is 0 Å². The van der Waals surface area contributed by atoms with E-state index in [-0.39, 0.29) is 11.7 Å². The third-order valence-electron chi connectivity index (χ3n) is 4.00. The number of unbranched alkanes of at least 4 members (excludes halogenated alkanes) is 4. The molecule has 0 aromatic rings. The first-order valence-corrected chi connectivity index (χ1v) is 8.95. The topological polar surface area (TPSA) is 46.2 Å². The monoisotopic (exact) mass is 317 g/mol. The number of ketones is 1. The van der Waals surface area contributed by atoms with Gasteiger partial charge < -0.3 is 5.32 Å². The molecule has 1 aliphatic rings. The number of hydrogen-bond acceptors (Lipinski definition) is 2. The lowest BCUT2D eigenvalue weighted by atomic mass is 9.96. The van der Waals surface area contributed by atoms with Gasteiger partial charge in [0, 0.05) is 19.4 Å². The number of carbonyl (C=O) groups excluding carboxylic acids is 2. The summed E-state index contributed by atoms with van der Waals surface area (Å²) in [4.78, 5) is 23.5. The average molecular weight is 317 g/mol. The zero-order valence-electron chi connectivity index (χ0n) is 14.6. The molecule has 1 amide bonds. The molecule has 0 aromatic heterocycles.